The van der Waals surface area contributed by atoms with Crippen LogP contribution in [0.4, 0.5) is 0 Å². The molecule has 0 aromatic carbocycles. The number of hydrogen-bond acceptors (Lipinski definition) is 4. The summed E-state index contributed by atoms with van der Waals surface area (Å²) in [4.78, 5) is 0. The highest BCUT2D eigenvalue weighted by atomic mass is 32.2. The van der Waals surface area contributed by atoms with Gasteiger partial charge in [-0.05, 0) is 56.6 Å². The van der Waals surface area contributed by atoms with E-state index in [4.69, 9.17) is 0 Å². The number of rotatable bonds is 10. The van der Waals surface area contributed by atoms with Gasteiger partial charge >= 0.3 is 0 Å². The fourth-order valence-electron chi connectivity index (χ4n) is 2.07. The van der Waals surface area contributed by atoms with Gasteiger partial charge in [-0.2, -0.15) is 24.4 Å². The first-order valence-corrected chi connectivity index (χ1v) is 8.47. The van der Waals surface area contributed by atoms with Crippen molar-refractivity contribution >= 4 is 24.4 Å². The Bertz CT molecular complexity index is 200. The number of aliphatic hydroxyl groups is 1. The molecule has 1 saturated carbocycles. The summed E-state index contributed by atoms with van der Waals surface area (Å²) in [5, 5.41) is 13.5. The molecule has 1 rings (SSSR count). The van der Waals surface area contributed by atoms with E-state index in [1.807, 2.05) is 18.8 Å². The van der Waals surface area contributed by atoms with Gasteiger partial charge in [-0.15, -0.1) is 0 Å². The summed E-state index contributed by atoms with van der Waals surface area (Å²) in [6, 6.07) is 0.427. The van der Waals surface area contributed by atoms with Crippen molar-refractivity contribution in [1.29, 1.82) is 0 Å². The second kappa shape index (κ2) is 8.68. The van der Waals surface area contributed by atoms with Crippen molar-refractivity contribution in [3.63, 3.8) is 0 Å². The van der Waals surface area contributed by atoms with Crippen LogP contribution in [0.3, 0.4) is 0 Å². The van der Waals surface area contributed by atoms with E-state index in [0.29, 0.717) is 12.0 Å². The smallest absolute Gasteiger partial charge is 0.0579 e. The second-order valence-electron chi connectivity index (χ2n) is 5.00. The normalized spacial score (nSPS) is 21.2. The first-order valence-electron chi connectivity index (χ1n) is 6.80. The maximum Gasteiger partial charge on any atom is 0.0579 e. The minimum absolute atomic E-state index is 0.128. The molecule has 1 fully saturated rings. The number of hydrogen-bond donors (Lipinski definition) is 3. The minimum atomic E-state index is -0.128. The number of thioether (sulfide) groups is 1. The van der Waals surface area contributed by atoms with Gasteiger partial charge < -0.3 is 10.4 Å². The summed E-state index contributed by atoms with van der Waals surface area (Å²) in [7, 11) is 2.00. The van der Waals surface area contributed by atoms with Crippen LogP contribution in [0, 0.1) is 5.92 Å². The molecule has 0 heterocycles. The van der Waals surface area contributed by atoms with Crippen LogP contribution in [0.1, 0.15) is 39.0 Å². The summed E-state index contributed by atoms with van der Waals surface area (Å²) in [5.41, 5.74) is 0. The van der Waals surface area contributed by atoms with Gasteiger partial charge in [0, 0.05) is 11.3 Å². The molecule has 0 radical (unpaired) electrons. The molecule has 0 saturated heterocycles. The first kappa shape index (κ1) is 15.7. The van der Waals surface area contributed by atoms with Crippen LogP contribution in [0.15, 0.2) is 0 Å². The Hall–Kier alpha value is 0.620. The topological polar surface area (TPSA) is 32.3 Å². The van der Waals surface area contributed by atoms with E-state index in [-0.39, 0.29) is 11.4 Å². The van der Waals surface area contributed by atoms with Crippen molar-refractivity contribution in [2.45, 2.75) is 56.4 Å². The van der Waals surface area contributed by atoms with Gasteiger partial charge in [-0.3, -0.25) is 0 Å². The van der Waals surface area contributed by atoms with Crippen molar-refractivity contribution in [2.24, 2.45) is 5.92 Å². The molecule has 102 valence electrons. The highest BCUT2D eigenvalue weighted by Crippen LogP contribution is 2.35. The molecule has 2 N–H and O–H groups in total. The lowest BCUT2D eigenvalue weighted by molar-refractivity contribution is 0.137. The lowest BCUT2D eigenvalue weighted by atomic mass is 10.0. The van der Waals surface area contributed by atoms with Crippen LogP contribution >= 0.6 is 24.4 Å². The van der Waals surface area contributed by atoms with Crippen LogP contribution in [-0.2, 0) is 0 Å². The summed E-state index contributed by atoms with van der Waals surface area (Å²) in [6.45, 7) is 2.22. The van der Waals surface area contributed by atoms with E-state index >= 15 is 0 Å². The van der Waals surface area contributed by atoms with Crippen LogP contribution in [0.2, 0.25) is 0 Å². The third-order valence-electron chi connectivity index (χ3n) is 3.41. The first-order chi connectivity index (χ1) is 8.19. The fraction of sp³-hybridized carbons (Fsp3) is 1.00. The summed E-state index contributed by atoms with van der Waals surface area (Å²) in [6.07, 6.45) is 5.51. The molecule has 0 aromatic rings. The van der Waals surface area contributed by atoms with Crippen molar-refractivity contribution in [3.8, 4) is 0 Å². The molecule has 0 spiro atoms. The van der Waals surface area contributed by atoms with Gasteiger partial charge in [-0.25, -0.2) is 0 Å². The van der Waals surface area contributed by atoms with Crippen LogP contribution in [0.25, 0.3) is 0 Å². The maximum absolute atomic E-state index is 9.93. The summed E-state index contributed by atoms with van der Waals surface area (Å²) < 4.78 is 0. The Morgan fingerprint density at radius 1 is 1.41 bits per heavy atom. The molecule has 3 atom stereocenters. The van der Waals surface area contributed by atoms with Crippen LogP contribution in [-0.4, -0.2) is 41.1 Å². The Morgan fingerprint density at radius 3 is 2.65 bits per heavy atom. The van der Waals surface area contributed by atoms with Gasteiger partial charge in [0.05, 0.1) is 6.10 Å². The Balaban J connectivity index is 2.17. The molecular weight excluding hydrogens is 250 g/mol. The molecule has 1 aliphatic carbocycles. The Morgan fingerprint density at radius 2 is 2.12 bits per heavy atom. The van der Waals surface area contributed by atoms with E-state index in [0.717, 1.165) is 12.8 Å². The largest absolute Gasteiger partial charge is 0.393 e. The lowest BCUT2D eigenvalue weighted by Crippen LogP contribution is -2.37. The molecule has 17 heavy (non-hydrogen) atoms. The molecule has 1 aliphatic rings. The number of aliphatic hydroxyl groups excluding tert-OH is 1. The third-order valence-corrected chi connectivity index (χ3v) is 5.20. The second-order valence-corrected chi connectivity index (χ2v) is 6.89. The monoisotopic (exact) mass is 277 g/mol. The number of nitrogens with one attached hydrogen (secondary N) is 1. The van der Waals surface area contributed by atoms with Crippen molar-refractivity contribution < 1.29 is 5.11 Å². The van der Waals surface area contributed by atoms with Crippen LogP contribution in [0.5, 0.6) is 0 Å². The van der Waals surface area contributed by atoms with E-state index in [2.05, 4.69) is 24.9 Å². The quantitative estimate of drug-likeness (QED) is 0.424. The lowest BCUT2D eigenvalue weighted by Gasteiger charge is -2.24. The molecule has 0 amide bonds. The fourth-order valence-corrected chi connectivity index (χ4v) is 3.50. The molecular formula is C13H27NOS2. The van der Waals surface area contributed by atoms with E-state index in [1.54, 1.807) is 0 Å². The SMILES string of the molecule is CCCSCCC(NC)C(S)CC(O)C1CC1. The average Bonchev–Trinajstić information content (AvgIpc) is 3.12. The third kappa shape index (κ3) is 6.37. The van der Waals surface area contributed by atoms with Gasteiger partial charge in [0.1, 0.15) is 0 Å². The van der Waals surface area contributed by atoms with Crippen molar-refractivity contribution in [2.75, 3.05) is 18.6 Å². The molecule has 0 bridgehead atoms. The standard InChI is InChI=1S/C13H27NOS2/c1-3-7-17-8-6-11(14-2)13(16)9-12(15)10-4-5-10/h10-16H,3-9H2,1-2H3. The molecule has 4 heteroatoms. The van der Waals surface area contributed by atoms with Crippen molar-refractivity contribution in [1.82, 2.24) is 5.32 Å². The minimum Gasteiger partial charge on any atom is -0.393 e. The highest BCUT2D eigenvalue weighted by Gasteiger charge is 2.32. The number of thiol groups is 1. The van der Waals surface area contributed by atoms with Crippen molar-refractivity contribution in [3.05, 3.63) is 0 Å². The van der Waals surface area contributed by atoms with Crippen LogP contribution < -0.4 is 5.32 Å². The van der Waals surface area contributed by atoms with Gasteiger partial charge in [0.2, 0.25) is 0 Å². The van der Waals surface area contributed by atoms with E-state index in [1.165, 1.54) is 30.8 Å². The molecule has 0 aliphatic heterocycles. The van der Waals surface area contributed by atoms with Gasteiger partial charge in [-0.1, -0.05) is 6.92 Å². The van der Waals surface area contributed by atoms with E-state index < -0.39 is 0 Å². The predicted molar refractivity (Wildman–Crippen MR) is 81.2 cm³/mol. The van der Waals surface area contributed by atoms with E-state index in [9.17, 15) is 5.11 Å². The molecule has 0 aromatic heterocycles. The molecule has 3 unspecified atom stereocenters. The maximum atomic E-state index is 9.93. The summed E-state index contributed by atoms with van der Waals surface area (Å²) >= 11 is 6.68. The summed E-state index contributed by atoms with van der Waals surface area (Å²) in [5.74, 6) is 3.01. The van der Waals surface area contributed by atoms with Gasteiger partial charge in [0.15, 0.2) is 0 Å². The zero-order valence-corrected chi connectivity index (χ0v) is 12.8. The predicted octanol–water partition coefficient (Wildman–Crippen LogP) is 2.57. The highest BCUT2D eigenvalue weighted by molar-refractivity contribution is 7.99. The zero-order chi connectivity index (χ0) is 12.7. The molecule has 2 nitrogen and oxygen atoms in total. The van der Waals surface area contributed by atoms with Gasteiger partial charge in [0.25, 0.3) is 0 Å². The Labute approximate surface area is 116 Å². The zero-order valence-electron chi connectivity index (χ0n) is 11.1. The Kier molecular flexibility index (Phi) is 8.00. The average molecular weight is 277 g/mol.